The molecular formula is C11H9N3O2. The lowest BCUT2D eigenvalue weighted by atomic mass is 10.2. The Balaban J connectivity index is 2.39. The van der Waals surface area contributed by atoms with Gasteiger partial charge in [-0.2, -0.15) is 0 Å². The van der Waals surface area contributed by atoms with E-state index in [0.29, 0.717) is 5.70 Å². The zero-order chi connectivity index (χ0) is 11.5. The lowest BCUT2D eigenvalue weighted by Crippen LogP contribution is -2.16. The van der Waals surface area contributed by atoms with Crippen molar-refractivity contribution in [3.8, 4) is 0 Å². The Morgan fingerprint density at radius 3 is 2.50 bits per heavy atom. The van der Waals surface area contributed by atoms with Crippen LogP contribution in [0.25, 0.3) is 6.08 Å². The monoisotopic (exact) mass is 215 g/mol. The van der Waals surface area contributed by atoms with Gasteiger partial charge in [-0.15, -0.1) is 4.91 Å². The Morgan fingerprint density at radius 1 is 1.25 bits per heavy atom. The largest absolute Gasteiger partial charge is 0.395 e. The summed E-state index contributed by atoms with van der Waals surface area (Å²) in [6, 6.07) is 9.33. The highest BCUT2D eigenvalue weighted by atomic mass is 16.3. The van der Waals surface area contributed by atoms with E-state index in [1.54, 1.807) is 6.08 Å². The number of rotatable bonds is 2. The van der Waals surface area contributed by atoms with Crippen molar-refractivity contribution in [3.63, 3.8) is 0 Å². The molecule has 1 aromatic rings. The summed E-state index contributed by atoms with van der Waals surface area (Å²) in [6.45, 7) is 0. The first-order valence-electron chi connectivity index (χ1n) is 4.64. The van der Waals surface area contributed by atoms with E-state index in [1.807, 2.05) is 30.3 Å². The predicted molar refractivity (Wildman–Crippen MR) is 59.6 cm³/mol. The van der Waals surface area contributed by atoms with Gasteiger partial charge in [-0.3, -0.25) is 4.79 Å². The normalized spacial score (nSPS) is 17.8. The van der Waals surface area contributed by atoms with Crippen molar-refractivity contribution in [3.05, 3.63) is 57.9 Å². The second kappa shape index (κ2) is 3.98. The molecule has 1 aliphatic heterocycles. The van der Waals surface area contributed by atoms with E-state index in [1.165, 1.54) is 0 Å². The summed E-state index contributed by atoms with van der Waals surface area (Å²) < 4.78 is 0. The first-order chi connectivity index (χ1) is 7.72. The summed E-state index contributed by atoms with van der Waals surface area (Å²) >= 11 is 0. The van der Waals surface area contributed by atoms with Gasteiger partial charge >= 0.3 is 0 Å². The summed E-state index contributed by atoms with van der Waals surface area (Å²) in [7, 11) is 0. The van der Waals surface area contributed by atoms with Crippen molar-refractivity contribution in [2.24, 2.45) is 10.9 Å². The van der Waals surface area contributed by atoms with Gasteiger partial charge in [0.25, 0.3) is 5.91 Å². The average molecular weight is 215 g/mol. The highest BCUT2D eigenvalue weighted by Crippen LogP contribution is 2.19. The number of nitrogens with two attached hydrogens (primary N) is 1. The van der Waals surface area contributed by atoms with Gasteiger partial charge in [-0.25, -0.2) is 0 Å². The molecule has 0 spiro atoms. The van der Waals surface area contributed by atoms with Crippen molar-refractivity contribution in [1.82, 2.24) is 5.32 Å². The van der Waals surface area contributed by atoms with Crippen LogP contribution in [0.1, 0.15) is 5.56 Å². The molecular weight excluding hydrogens is 206 g/mol. The zero-order valence-electron chi connectivity index (χ0n) is 8.31. The molecule has 5 nitrogen and oxygen atoms in total. The molecule has 0 unspecified atom stereocenters. The van der Waals surface area contributed by atoms with E-state index in [-0.39, 0.29) is 11.4 Å². The van der Waals surface area contributed by atoms with E-state index < -0.39 is 5.91 Å². The fourth-order valence-corrected chi connectivity index (χ4v) is 1.42. The molecule has 0 atom stereocenters. The highest BCUT2D eigenvalue weighted by molar-refractivity contribution is 6.00. The smallest absolute Gasteiger partial charge is 0.280 e. The van der Waals surface area contributed by atoms with Crippen molar-refractivity contribution < 1.29 is 4.79 Å². The van der Waals surface area contributed by atoms with Crippen LogP contribution in [-0.2, 0) is 4.79 Å². The number of carbonyl (C=O) groups excluding carboxylic acids is 1. The van der Waals surface area contributed by atoms with Gasteiger partial charge < -0.3 is 11.1 Å². The molecule has 0 saturated heterocycles. The number of hydrogen-bond donors (Lipinski definition) is 2. The first kappa shape index (κ1) is 10.1. The molecule has 1 heterocycles. The van der Waals surface area contributed by atoms with Crippen LogP contribution < -0.4 is 11.1 Å². The fraction of sp³-hybridized carbons (Fsp3) is 0. The van der Waals surface area contributed by atoms with Gasteiger partial charge in [0.1, 0.15) is 0 Å². The lowest BCUT2D eigenvalue weighted by molar-refractivity contribution is -0.116. The minimum atomic E-state index is -0.560. The van der Waals surface area contributed by atoms with Crippen molar-refractivity contribution in [1.29, 1.82) is 0 Å². The number of nitrogens with one attached hydrogen (secondary N) is 1. The Hall–Kier alpha value is -2.43. The summed E-state index contributed by atoms with van der Waals surface area (Å²) in [6.07, 6.45) is 1.69. The van der Waals surface area contributed by atoms with Crippen LogP contribution >= 0.6 is 0 Å². The molecule has 80 valence electrons. The van der Waals surface area contributed by atoms with Gasteiger partial charge in [0, 0.05) is 0 Å². The highest BCUT2D eigenvalue weighted by Gasteiger charge is 2.26. The number of amides is 1. The predicted octanol–water partition coefficient (Wildman–Crippen LogP) is 1.09. The molecule has 3 N–H and O–H groups in total. The number of hydrogen-bond acceptors (Lipinski definition) is 4. The van der Waals surface area contributed by atoms with Crippen LogP contribution in [0.4, 0.5) is 0 Å². The molecule has 5 heteroatoms. The van der Waals surface area contributed by atoms with Gasteiger partial charge in [0.2, 0.25) is 0 Å². The summed E-state index contributed by atoms with van der Waals surface area (Å²) in [4.78, 5) is 21.6. The van der Waals surface area contributed by atoms with Gasteiger partial charge in [-0.1, -0.05) is 30.3 Å². The van der Waals surface area contributed by atoms with Crippen molar-refractivity contribution in [2.45, 2.75) is 0 Å². The van der Waals surface area contributed by atoms with Crippen molar-refractivity contribution >= 4 is 12.0 Å². The first-order valence-corrected chi connectivity index (χ1v) is 4.64. The van der Waals surface area contributed by atoms with Crippen molar-refractivity contribution in [2.75, 3.05) is 0 Å². The van der Waals surface area contributed by atoms with E-state index in [9.17, 15) is 9.70 Å². The minimum absolute atomic E-state index is 0.0869. The third-order valence-electron chi connectivity index (χ3n) is 2.21. The molecule has 16 heavy (non-hydrogen) atoms. The molecule has 0 fully saturated rings. The van der Waals surface area contributed by atoms with E-state index in [0.717, 1.165) is 5.56 Å². The van der Waals surface area contributed by atoms with E-state index >= 15 is 0 Å². The van der Waals surface area contributed by atoms with Crippen LogP contribution in [0.5, 0.6) is 0 Å². The van der Waals surface area contributed by atoms with Gasteiger partial charge in [0.15, 0.2) is 5.70 Å². The molecule has 1 aromatic carbocycles. The van der Waals surface area contributed by atoms with Crippen LogP contribution in [-0.4, -0.2) is 5.91 Å². The van der Waals surface area contributed by atoms with E-state index in [2.05, 4.69) is 10.5 Å². The SMILES string of the molecule is NC1=C(N=O)C(=O)N/C1=C\c1ccccc1. The maximum absolute atomic E-state index is 11.2. The van der Waals surface area contributed by atoms with Crippen LogP contribution in [0.3, 0.4) is 0 Å². The third kappa shape index (κ3) is 1.70. The van der Waals surface area contributed by atoms with E-state index in [4.69, 9.17) is 5.73 Å². The molecule has 0 bridgehead atoms. The van der Waals surface area contributed by atoms with Crippen LogP contribution in [0.2, 0.25) is 0 Å². The number of nitroso groups, excluding NO2 is 1. The maximum atomic E-state index is 11.2. The second-order valence-electron chi connectivity index (χ2n) is 3.28. The zero-order valence-corrected chi connectivity index (χ0v) is 8.31. The molecule has 1 amide bonds. The molecule has 0 radical (unpaired) electrons. The number of carbonyl (C=O) groups is 1. The standard InChI is InChI=1S/C11H9N3O2/c12-9-8(13-11(15)10(9)14-16)6-7-4-2-1-3-5-7/h1-6H,12H2,(H,13,15)/b8-6-. The average Bonchev–Trinajstić information content (AvgIpc) is 2.55. The second-order valence-corrected chi connectivity index (χ2v) is 3.28. The van der Waals surface area contributed by atoms with Gasteiger partial charge in [0.05, 0.1) is 11.4 Å². The molecule has 0 aliphatic carbocycles. The Morgan fingerprint density at radius 2 is 1.94 bits per heavy atom. The van der Waals surface area contributed by atoms with Crippen LogP contribution in [0.15, 0.2) is 52.6 Å². The number of benzene rings is 1. The summed E-state index contributed by atoms with van der Waals surface area (Å²) in [5, 5.41) is 5.08. The Labute approximate surface area is 91.6 Å². The molecule has 1 aliphatic rings. The Kier molecular flexibility index (Phi) is 2.51. The third-order valence-corrected chi connectivity index (χ3v) is 2.21. The summed E-state index contributed by atoms with van der Waals surface area (Å²) in [5.41, 5.74) is 6.72. The fourth-order valence-electron chi connectivity index (χ4n) is 1.42. The molecule has 2 rings (SSSR count). The Bertz CT molecular complexity index is 503. The molecule has 0 saturated carbocycles. The van der Waals surface area contributed by atoms with Crippen LogP contribution in [0, 0.1) is 4.91 Å². The van der Waals surface area contributed by atoms with Gasteiger partial charge in [-0.05, 0) is 16.8 Å². The summed E-state index contributed by atoms with van der Waals surface area (Å²) in [5.74, 6) is -0.560. The minimum Gasteiger partial charge on any atom is -0.395 e. The maximum Gasteiger partial charge on any atom is 0.280 e. The quantitative estimate of drug-likeness (QED) is 0.724. The topological polar surface area (TPSA) is 84.5 Å². The number of nitrogens with zero attached hydrogens (tertiary/aromatic N) is 1. The lowest BCUT2D eigenvalue weighted by Gasteiger charge is -1.99. The molecule has 0 aromatic heterocycles.